The quantitative estimate of drug-likeness (QED) is 0.370. The number of hydrogen-bond donors (Lipinski definition) is 1. The van der Waals surface area contributed by atoms with Crippen LogP contribution in [0.5, 0.6) is 0 Å². The summed E-state index contributed by atoms with van der Waals surface area (Å²) in [5.74, 6) is -0.501. The molecule has 4 nitrogen and oxygen atoms in total. The number of rotatable bonds is 4. The van der Waals surface area contributed by atoms with E-state index in [2.05, 4.69) is 17.9 Å². The normalized spacial score (nSPS) is 7.08. The van der Waals surface area contributed by atoms with E-state index in [1.807, 2.05) is 0 Å². The summed E-state index contributed by atoms with van der Waals surface area (Å²) in [5.41, 5.74) is 0. The number of aldehydes is 1. The van der Waals surface area contributed by atoms with E-state index in [4.69, 9.17) is 9.90 Å². The molecule has 4 heteroatoms. The lowest BCUT2D eigenvalue weighted by molar-refractivity contribution is -0.138. The summed E-state index contributed by atoms with van der Waals surface area (Å²) < 4.78 is 4.33. The summed E-state index contributed by atoms with van der Waals surface area (Å²) in [6, 6.07) is 0. The third kappa shape index (κ3) is 15.8. The van der Waals surface area contributed by atoms with Crippen LogP contribution in [-0.4, -0.2) is 30.6 Å². The van der Waals surface area contributed by atoms with E-state index in [0.717, 1.165) is 6.08 Å². The highest BCUT2D eigenvalue weighted by Crippen LogP contribution is 1.75. The lowest BCUT2D eigenvalue weighted by Gasteiger charge is -1.94. The maximum Gasteiger partial charge on any atom is 0.330 e. The van der Waals surface area contributed by atoms with Gasteiger partial charge >= 0.3 is 5.97 Å². The summed E-state index contributed by atoms with van der Waals surface area (Å²) in [5, 5.41) is 8.10. The van der Waals surface area contributed by atoms with Crippen molar-refractivity contribution in [3.63, 3.8) is 0 Å². The molecule has 12 heavy (non-hydrogen) atoms. The van der Waals surface area contributed by atoms with Crippen LogP contribution >= 0.6 is 0 Å². The zero-order valence-electron chi connectivity index (χ0n) is 6.73. The number of aliphatic hydroxyl groups excluding tert-OH is 1. The van der Waals surface area contributed by atoms with Gasteiger partial charge < -0.3 is 9.84 Å². The minimum Gasteiger partial charge on any atom is -0.460 e. The Hall–Kier alpha value is -1.42. The highest BCUT2D eigenvalue weighted by Gasteiger charge is 1.90. The van der Waals surface area contributed by atoms with Gasteiger partial charge in [-0.2, -0.15) is 0 Å². The van der Waals surface area contributed by atoms with E-state index in [1.54, 1.807) is 0 Å². The Morgan fingerprint density at radius 2 is 2.00 bits per heavy atom. The molecule has 0 rings (SSSR count). The van der Waals surface area contributed by atoms with Crippen LogP contribution in [0.3, 0.4) is 0 Å². The number of aliphatic hydroxyl groups is 1. The fourth-order valence-electron chi connectivity index (χ4n) is 0.205. The van der Waals surface area contributed by atoms with Crippen LogP contribution in [-0.2, 0) is 14.3 Å². The molecule has 0 saturated carbocycles. The van der Waals surface area contributed by atoms with E-state index in [9.17, 15) is 4.79 Å². The smallest absolute Gasteiger partial charge is 0.330 e. The first-order chi connectivity index (χ1) is 5.72. The van der Waals surface area contributed by atoms with E-state index >= 15 is 0 Å². The number of esters is 1. The number of hydrogen-bond acceptors (Lipinski definition) is 4. The summed E-state index contributed by atoms with van der Waals surface area (Å²) in [6.45, 7) is 6.18. The van der Waals surface area contributed by atoms with Gasteiger partial charge in [0, 0.05) is 6.08 Å². The fraction of sp³-hybridized carbons (Fsp3) is 0.250. The molecule has 0 aromatic heterocycles. The van der Waals surface area contributed by atoms with Gasteiger partial charge in [0.05, 0.1) is 6.61 Å². The molecule has 0 aromatic carbocycles. The molecule has 0 aliphatic carbocycles. The van der Waals surface area contributed by atoms with Gasteiger partial charge in [-0.3, -0.25) is 4.79 Å². The first-order valence-corrected chi connectivity index (χ1v) is 3.19. The molecule has 0 heterocycles. The largest absolute Gasteiger partial charge is 0.460 e. The van der Waals surface area contributed by atoms with Crippen molar-refractivity contribution in [2.24, 2.45) is 0 Å². The maximum atomic E-state index is 10.1. The van der Waals surface area contributed by atoms with Crippen molar-refractivity contribution < 1.29 is 19.4 Å². The lowest BCUT2D eigenvalue weighted by atomic mass is 10.6. The summed E-state index contributed by atoms with van der Waals surface area (Å²) in [4.78, 5) is 19.2. The molecule has 68 valence electrons. The lowest BCUT2D eigenvalue weighted by Crippen LogP contribution is -2.04. The molecule has 0 aromatic rings. The molecule has 0 amide bonds. The van der Waals surface area contributed by atoms with Crippen molar-refractivity contribution in [1.29, 1.82) is 0 Å². The standard InChI is InChI=1S/C5H8O3.C3H4O/c1-2-5(7)8-4-3-6;1-2-3-4/h2,6H,1,3-4H2;2-3H,1H2. The van der Waals surface area contributed by atoms with Crippen LogP contribution < -0.4 is 0 Å². The maximum absolute atomic E-state index is 10.1. The van der Waals surface area contributed by atoms with Gasteiger partial charge in [0.1, 0.15) is 12.9 Å². The van der Waals surface area contributed by atoms with Crippen LogP contribution in [0, 0.1) is 0 Å². The van der Waals surface area contributed by atoms with Crippen LogP contribution in [0.4, 0.5) is 0 Å². The van der Waals surface area contributed by atoms with Crippen molar-refractivity contribution in [2.75, 3.05) is 13.2 Å². The monoisotopic (exact) mass is 172 g/mol. The van der Waals surface area contributed by atoms with Gasteiger partial charge in [0.15, 0.2) is 0 Å². The zero-order chi connectivity index (χ0) is 9.82. The van der Waals surface area contributed by atoms with Crippen LogP contribution in [0.2, 0.25) is 0 Å². The second-order valence-corrected chi connectivity index (χ2v) is 1.47. The molecule has 0 aliphatic heterocycles. The molecule has 0 unspecified atom stereocenters. The van der Waals surface area contributed by atoms with Gasteiger partial charge in [-0.05, 0) is 6.08 Å². The van der Waals surface area contributed by atoms with Crippen LogP contribution in [0.1, 0.15) is 0 Å². The average Bonchev–Trinajstić information content (AvgIpc) is 2.14. The van der Waals surface area contributed by atoms with Crippen molar-refractivity contribution in [3.05, 3.63) is 25.3 Å². The molecular weight excluding hydrogens is 160 g/mol. The Balaban J connectivity index is 0. The Morgan fingerprint density at radius 3 is 2.25 bits per heavy atom. The molecule has 0 radical (unpaired) electrons. The Kier molecular flexibility index (Phi) is 13.5. The molecule has 0 aliphatic rings. The number of allylic oxidation sites excluding steroid dienone is 1. The minimum absolute atomic E-state index is 0.0465. The van der Waals surface area contributed by atoms with Gasteiger partial charge in [0.2, 0.25) is 0 Å². The number of carbonyl (C=O) groups is 2. The summed E-state index contributed by atoms with van der Waals surface area (Å²) >= 11 is 0. The Labute approximate surface area is 71.2 Å². The van der Waals surface area contributed by atoms with E-state index in [-0.39, 0.29) is 13.2 Å². The first kappa shape index (κ1) is 13.2. The van der Waals surface area contributed by atoms with Gasteiger partial charge in [0.25, 0.3) is 0 Å². The van der Waals surface area contributed by atoms with E-state index in [1.165, 1.54) is 6.08 Å². The third-order valence-electron chi connectivity index (χ3n) is 0.598. The predicted molar refractivity (Wildman–Crippen MR) is 44.5 cm³/mol. The molecule has 1 N–H and O–H groups in total. The number of carbonyl (C=O) groups excluding carboxylic acids is 2. The number of ether oxygens (including phenoxy) is 1. The van der Waals surface area contributed by atoms with E-state index in [0.29, 0.717) is 6.29 Å². The topological polar surface area (TPSA) is 63.6 Å². The minimum atomic E-state index is -0.501. The Bertz CT molecular complexity index is 145. The molecule has 0 bridgehead atoms. The molecule has 0 atom stereocenters. The third-order valence-corrected chi connectivity index (χ3v) is 0.598. The zero-order valence-corrected chi connectivity index (χ0v) is 6.73. The second-order valence-electron chi connectivity index (χ2n) is 1.47. The first-order valence-electron chi connectivity index (χ1n) is 3.19. The highest BCUT2D eigenvalue weighted by molar-refractivity contribution is 5.81. The highest BCUT2D eigenvalue weighted by atomic mass is 16.5. The fourth-order valence-corrected chi connectivity index (χ4v) is 0.205. The van der Waals surface area contributed by atoms with Crippen molar-refractivity contribution in [2.45, 2.75) is 0 Å². The molecule has 0 fully saturated rings. The second kappa shape index (κ2) is 12.3. The SMILES string of the molecule is C=CC(=O)OCCO.C=CC=O. The van der Waals surface area contributed by atoms with E-state index < -0.39 is 5.97 Å². The van der Waals surface area contributed by atoms with Crippen molar-refractivity contribution >= 4 is 12.3 Å². The molecular formula is C8H12O4. The molecule has 0 spiro atoms. The summed E-state index contributed by atoms with van der Waals surface area (Å²) in [7, 11) is 0. The Morgan fingerprint density at radius 1 is 1.50 bits per heavy atom. The van der Waals surface area contributed by atoms with Crippen molar-refractivity contribution in [3.8, 4) is 0 Å². The van der Waals surface area contributed by atoms with Crippen LogP contribution in [0.25, 0.3) is 0 Å². The average molecular weight is 172 g/mol. The predicted octanol–water partition coefficient (Wildman–Crippen LogP) is 0.0792. The molecule has 0 saturated heterocycles. The van der Waals surface area contributed by atoms with Crippen molar-refractivity contribution in [1.82, 2.24) is 0 Å². The van der Waals surface area contributed by atoms with Gasteiger partial charge in [-0.25, -0.2) is 4.79 Å². The van der Waals surface area contributed by atoms with Gasteiger partial charge in [-0.1, -0.05) is 13.2 Å². The summed E-state index contributed by atoms with van der Waals surface area (Å²) in [6.07, 6.45) is 2.88. The van der Waals surface area contributed by atoms with Gasteiger partial charge in [-0.15, -0.1) is 0 Å². The van der Waals surface area contributed by atoms with Crippen LogP contribution in [0.15, 0.2) is 25.3 Å².